The fourth-order valence-electron chi connectivity index (χ4n) is 2.74. The Morgan fingerprint density at radius 1 is 1.18 bits per heavy atom. The molecule has 2 aromatic rings. The number of carbonyl (C=O) groups is 1. The zero-order valence-corrected chi connectivity index (χ0v) is 14.6. The number of rotatable bonds is 5. The summed E-state index contributed by atoms with van der Waals surface area (Å²) in [5.74, 6) is -0.0367. The molecule has 1 heterocycles. The first-order chi connectivity index (χ1) is 10.4. The largest absolute Gasteiger partial charge is 0.374 e. The van der Waals surface area contributed by atoms with Crippen LogP contribution in [-0.2, 0) is 4.74 Å². The third-order valence-corrected chi connectivity index (χ3v) is 4.81. The molecule has 22 heavy (non-hydrogen) atoms. The molecule has 0 saturated heterocycles. The van der Waals surface area contributed by atoms with Crippen LogP contribution in [0.15, 0.2) is 24.3 Å². The van der Waals surface area contributed by atoms with Crippen molar-refractivity contribution in [3.63, 3.8) is 0 Å². The van der Waals surface area contributed by atoms with Crippen molar-refractivity contribution in [2.45, 2.75) is 33.8 Å². The summed E-state index contributed by atoms with van der Waals surface area (Å²) in [5, 5.41) is 3.00. The fourth-order valence-corrected chi connectivity index (χ4v) is 3.69. The van der Waals surface area contributed by atoms with Gasteiger partial charge in [0.05, 0.1) is 0 Å². The van der Waals surface area contributed by atoms with Crippen molar-refractivity contribution in [3.05, 3.63) is 56.3 Å². The van der Waals surface area contributed by atoms with Crippen molar-refractivity contribution in [1.82, 2.24) is 5.32 Å². The number of benzene rings is 1. The number of hydrogen-bond acceptors (Lipinski definition) is 3. The van der Waals surface area contributed by atoms with E-state index in [9.17, 15) is 4.79 Å². The van der Waals surface area contributed by atoms with Crippen LogP contribution < -0.4 is 5.32 Å². The molecular formula is C18H23NO2S. The van der Waals surface area contributed by atoms with E-state index < -0.39 is 0 Å². The molecule has 1 atom stereocenters. The minimum Gasteiger partial charge on any atom is -0.374 e. The fraction of sp³-hybridized carbons (Fsp3) is 0.389. The summed E-state index contributed by atoms with van der Waals surface area (Å²) in [6.07, 6.45) is -0.103. The van der Waals surface area contributed by atoms with Gasteiger partial charge in [-0.3, -0.25) is 4.79 Å². The molecule has 0 aliphatic heterocycles. The van der Waals surface area contributed by atoms with Gasteiger partial charge in [0, 0.05) is 29.0 Å². The van der Waals surface area contributed by atoms with Gasteiger partial charge >= 0.3 is 0 Å². The average Bonchev–Trinajstić information content (AvgIpc) is 2.85. The molecule has 0 saturated carbocycles. The lowest BCUT2D eigenvalue weighted by atomic mass is 9.99. The number of carbonyl (C=O) groups excluding carboxylic acids is 1. The van der Waals surface area contributed by atoms with Crippen LogP contribution in [0, 0.1) is 27.7 Å². The number of amides is 1. The van der Waals surface area contributed by atoms with E-state index in [4.69, 9.17) is 4.74 Å². The number of aryl methyl sites for hydroxylation is 4. The third kappa shape index (κ3) is 3.76. The quantitative estimate of drug-likeness (QED) is 0.901. The molecule has 0 spiro atoms. The monoisotopic (exact) mass is 317 g/mol. The highest BCUT2D eigenvalue weighted by molar-refractivity contribution is 7.12. The maximum absolute atomic E-state index is 12.5. The number of thiophene rings is 1. The minimum absolute atomic E-state index is 0.0367. The van der Waals surface area contributed by atoms with E-state index in [1.807, 2.05) is 32.9 Å². The van der Waals surface area contributed by atoms with Gasteiger partial charge in [-0.1, -0.05) is 17.7 Å². The lowest BCUT2D eigenvalue weighted by molar-refractivity contribution is 0.0836. The van der Waals surface area contributed by atoms with Crippen molar-refractivity contribution in [3.8, 4) is 0 Å². The van der Waals surface area contributed by atoms with Crippen molar-refractivity contribution in [2.75, 3.05) is 13.7 Å². The lowest BCUT2D eigenvalue weighted by Gasteiger charge is -2.16. The first-order valence-corrected chi connectivity index (χ1v) is 8.19. The van der Waals surface area contributed by atoms with Gasteiger partial charge in [0.2, 0.25) is 0 Å². The Morgan fingerprint density at radius 3 is 2.32 bits per heavy atom. The van der Waals surface area contributed by atoms with Crippen molar-refractivity contribution in [1.29, 1.82) is 0 Å². The Kier molecular flexibility index (Phi) is 5.37. The first-order valence-electron chi connectivity index (χ1n) is 7.37. The summed E-state index contributed by atoms with van der Waals surface area (Å²) in [6.45, 7) is 8.54. The third-order valence-electron chi connectivity index (χ3n) is 3.72. The topological polar surface area (TPSA) is 38.3 Å². The number of methoxy groups -OCH3 is 1. The summed E-state index contributed by atoms with van der Waals surface area (Å²) in [5.41, 5.74) is 3.96. The summed E-state index contributed by atoms with van der Waals surface area (Å²) < 4.78 is 5.51. The van der Waals surface area contributed by atoms with Gasteiger partial charge in [-0.15, -0.1) is 11.3 Å². The lowest BCUT2D eigenvalue weighted by Crippen LogP contribution is -2.30. The van der Waals surface area contributed by atoms with Crippen molar-refractivity contribution in [2.24, 2.45) is 0 Å². The van der Waals surface area contributed by atoms with Gasteiger partial charge in [-0.25, -0.2) is 0 Å². The Morgan fingerprint density at radius 2 is 1.82 bits per heavy atom. The van der Waals surface area contributed by atoms with Crippen LogP contribution in [0.1, 0.15) is 42.9 Å². The van der Waals surface area contributed by atoms with Gasteiger partial charge in [-0.05, 0) is 51.0 Å². The molecule has 2 rings (SSSR count). The molecule has 1 unspecified atom stereocenters. The molecule has 0 bridgehead atoms. The molecular weight excluding hydrogens is 294 g/mol. The predicted octanol–water partition coefficient (Wildman–Crippen LogP) is 4.10. The molecule has 1 aromatic heterocycles. The molecule has 1 amide bonds. The number of nitrogens with one attached hydrogen (secondary N) is 1. The number of hydrogen-bond donors (Lipinski definition) is 1. The van der Waals surface area contributed by atoms with E-state index in [-0.39, 0.29) is 12.0 Å². The molecule has 118 valence electrons. The Labute approximate surface area is 136 Å². The Hall–Kier alpha value is -1.65. The van der Waals surface area contributed by atoms with Gasteiger partial charge in [0.15, 0.2) is 0 Å². The molecule has 0 fully saturated rings. The predicted molar refractivity (Wildman–Crippen MR) is 91.8 cm³/mol. The van der Waals surface area contributed by atoms with Crippen LogP contribution in [0.5, 0.6) is 0 Å². The van der Waals surface area contributed by atoms with Gasteiger partial charge < -0.3 is 10.1 Å². The van der Waals surface area contributed by atoms with Crippen molar-refractivity contribution < 1.29 is 9.53 Å². The molecule has 0 aliphatic carbocycles. The molecule has 4 heteroatoms. The number of ether oxygens (including phenoxy) is 1. The van der Waals surface area contributed by atoms with E-state index in [0.717, 1.165) is 21.6 Å². The van der Waals surface area contributed by atoms with E-state index in [2.05, 4.69) is 24.4 Å². The Bertz CT molecular complexity index is 652. The highest BCUT2D eigenvalue weighted by atomic mass is 32.1. The van der Waals surface area contributed by atoms with Gasteiger partial charge in [0.25, 0.3) is 5.91 Å². The Balaban J connectivity index is 2.09. The minimum atomic E-state index is -0.103. The molecule has 0 aliphatic rings. The van der Waals surface area contributed by atoms with Crippen molar-refractivity contribution >= 4 is 17.2 Å². The smallest absolute Gasteiger partial charge is 0.251 e. The van der Waals surface area contributed by atoms with Gasteiger partial charge in [-0.2, -0.15) is 0 Å². The van der Waals surface area contributed by atoms with E-state index in [1.54, 1.807) is 18.4 Å². The van der Waals surface area contributed by atoms with E-state index in [0.29, 0.717) is 6.54 Å². The van der Waals surface area contributed by atoms with Crippen LogP contribution in [0.3, 0.4) is 0 Å². The summed E-state index contributed by atoms with van der Waals surface area (Å²) >= 11 is 1.70. The normalized spacial score (nSPS) is 12.2. The van der Waals surface area contributed by atoms with Crippen LogP contribution in [0.2, 0.25) is 0 Å². The molecule has 0 radical (unpaired) electrons. The maximum atomic E-state index is 12.5. The highest BCUT2D eigenvalue weighted by Gasteiger charge is 2.17. The SMILES string of the molecule is COC(CNC(=O)c1c(C)cc(C)cc1C)c1ccc(C)s1. The summed E-state index contributed by atoms with van der Waals surface area (Å²) in [4.78, 5) is 14.9. The maximum Gasteiger partial charge on any atom is 0.251 e. The van der Waals surface area contributed by atoms with E-state index in [1.165, 1.54) is 10.4 Å². The molecule has 1 aromatic carbocycles. The molecule has 1 N–H and O–H groups in total. The summed E-state index contributed by atoms with van der Waals surface area (Å²) in [7, 11) is 1.67. The van der Waals surface area contributed by atoms with Crippen LogP contribution in [0.25, 0.3) is 0 Å². The average molecular weight is 317 g/mol. The first kappa shape index (κ1) is 16.7. The molecule has 3 nitrogen and oxygen atoms in total. The highest BCUT2D eigenvalue weighted by Crippen LogP contribution is 2.25. The zero-order chi connectivity index (χ0) is 16.3. The van der Waals surface area contributed by atoms with E-state index >= 15 is 0 Å². The second-order valence-corrected chi connectivity index (χ2v) is 6.98. The second-order valence-electron chi connectivity index (χ2n) is 5.66. The summed E-state index contributed by atoms with van der Waals surface area (Å²) in [6, 6.07) is 8.21. The zero-order valence-electron chi connectivity index (χ0n) is 13.8. The standard InChI is InChI=1S/C18H23NO2S/c1-11-8-12(2)17(13(3)9-11)18(20)19-10-15(21-5)16-7-6-14(4)22-16/h6-9,15H,10H2,1-5H3,(H,19,20). The van der Waals surface area contributed by atoms with Crippen LogP contribution in [-0.4, -0.2) is 19.6 Å². The van der Waals surface area contributed by atoms with Crippen LogP contribution >= 0.6 is 11.3 Å². The second kappa shape index (κ2) is 7.07. The van der Waals surface area contributed by atoms with Crippen LogP contribution in [0.4, 0.5) is 0 Å². The van der Waals surface area contributed by atoms with Gasteiger partial charge in [0.1, 0.15) is 6.10 Å².